The molecule has 1 unspecified atom stereocenters. The molecule has 2 aliphatic rings. The Kier molecular flexibility index (Phi) is 3.22. The number of piperidine rings is 1. The number of likely N-dealkylation sites (tertiary alicyclic amines) is 1. The number of carbonyl (C=O) groups excluding carboxylic acids is 1. The Balaban J connectivity index is 2.00. The second kappa shape index (κ2) is 4.34. The Morgan fingerprint density at radius 2 is 2.25 bits per heavy atom. The van der Waals surface area contributed by atoms with Crippen molar-refractivity contribution in [1.82, 2.24) is 4.90 Å². The van der Waals surface area contributed by atoms with E-state index in [1.807, 2.05) is 4.90 Å². The van der Waals surface area contributed by atoms with Crippen LogP contribution < -0.4 is 5.73 Å². The summed E-state index contributed by atoms with van der Waals surface area (Å²) in [6.07, 6.45) is 3.20. The van der Waals surface area contributed by atoms with Crippen LogP contribution in [0.25, 0.3) is 0 Å². The molecule has 0 spiro atoms. The van der Waals surface area contributed by atoms with Crippen LogP contribution in [0.2, 0.25) is 0 Å². The Bertz CT molecular complexity index is 274. The highest BCUT2D eigenvalue weighted by Gasteiger charge is 2.49. The van der Waals surface area contributed by atoms with Crippen molar-refractivity contribution in [3.63, 3.8) is 0 Å². The first-order chi connectivity index (χ1) is 7.57. The van der Waals surface area contributed by atoms with E-state index >= 15 is 0 Å². The number of hydrogen-bond acceptors (Lipinski definition) is 3. The van der Waals surface area contributed by atoms with Gasteiger partial charge in [-0.2, -0.15) is 0 Å². The van der Waals surface area contributed by atoms with Gasteiger partial charge in [0.05, 0.1) is 11.5 Å². The SMILES string of the molecule is CC1CC(CN)(C(=O)N2CCCC(O)C2)C1. The predicted octanol–water partition coefficient (Wildman–Crippen LogP) is 0.345. The van der Waals surface area contributed by atoms with E-state index in [-0.39, 0.29) is 17.4 Å². The molecule has 0 aromatic carbocycles. The lowest BCUT2D eigenvalue weighted by molar-refractivity contribution is -0.152. The molecular formula is C12H22N2O2. The molecule has 16 heavy (non-hydrogen) atoms. The molecule has 92 valence electrons. The lowest BCUT2D eigenvalue weighted by atomic mass is 9.61. The summed E-state index contributed by atoms with van der Waals surface area (Å²) in [4.78, 5) is 14.2. The summed E-state index contributed by atoms with van der Waals surface area (Å²) < 4.78 is 0. The number of hydrogen-bond donors (Lipinski definition) is 2. The number of amides is 1. The quantitative estimate of drug-likeness (QED) is 0.714. The second-order valence-electron chi connectivity index (χ2n) is 5.55. The Morgan fingerprint density at radius 1 is 1.56 bits per heavy atom. The highest BCUT2D eigenvalue weighted by atomic mass is 16.3. The molecule has 1 aliphatic carbocycles. The van der Waals surface area contributed by atoms with Crippen LogP contribution in [0.1, 0.15) is 32.6 Å². The van der Waals surface area contributed by atoms with Crippen LogP contribution in [0, 0.1) is 11.3 Å². The Hall–Kier alpha value is -0.610. The van der Waals surface area contributed by atoms with Gasteiger partial charge < -0.3 is 15.7 Å². The van der Waals surface area contributed by atoms with Crippen molar-refractivity contribution in [3.05, 3.63) is 0 Å². The molecule has 1 atom stereocenters. The van der Waals surface area contributed by atoms with Crippen LogP contribution >= 0.6 is 0 Å². The molecule has 1 amide bonds. The fourth-order valence-corrected chi connectivity index (χ4v) is 3.18. The molecule has 1 saturated carbocycles. The van der Waals surface area contributed by atoms with E-state index in [1.165, 1.54) is 0 Å². The van der Waals surface area contributed by atoms with Gasteiger partial charge in [0.1, 0.15) is 0 Å². The average Bonchev–Trinajstić information content (AvgIpc) is 2.23. The van der Waals surface area contributed by atoms with Crippen molar-refractivity contribution >= 4 is 5.91 Å². The summed E-state index contributed by atoms with van der Waals surface area (Å²) in [7, 11) is 0. The zero-order valence-corrected chi connectivity index (χ0v) is 9.98. The van der Waals surface area contributed by atoms with E-state index in [0.29, 0.717) is 19.0 Å². The third-order valence-electron chi connectivity index (χ3n) is 4.01. The predicted molar refractivity (Wildman–Crippen MR) is 61.7 cm³/mol. The molecule has 1 aliphatic heterocycles. The number of β-amino-alcohol motifs (C(OH)–C–C–N with tert-alkyl or cyclic N) is 1. The van der Waals surface area contributed by atoms with Gasteiger partial charge in [-0.25, -0.2) is 0 Å². The summed E-state index contributed by atoms with van der Waals surface area (Å²) in [6.45, 7) is 3.88. The molecule has 4 nitrogen and oxygen atoms in total. The van der Waals surface area contributed by atoms with E-state index in [9.17, 15) is 9.90 Å². The molecule has 0 aromatic heterocycles. The zero-order chi connectivity index (χ0) is 11.8. The third-order valence-corrected chi connectivity index (χ3v) is 4.01. The highest BCUT2D eigenvalue weighted by Crippen LogP contribution is 2.46. The molecule has 2 fully saturated rings. The van der Waals surface area contributed by atoms with Gasteiger partial charge in [0.25, 0.3) is 0 Å². The lowest BCUT2D eigenvalue weighted by Gasteiger charge is -2.47. The molecular weight excluding hydrogens is 204 g/mol. The van der Waals surface area contributed by atoms with Crippen LogP contribution in [0.4, 0.5) is 0 Å². The van der Waals surface area contributed by atoms with Crippen molar-refractivity contribution in [2.75, 3.05) is 19.6 Å². The zero-order valence-electron chi connectivity index (χ0n) is 9.98. The summed E-state index contributed by atoms with van der Waals surface area (Å²) in [5, 5.41) is 9.58. The van der Waals surface area contributed by atoms with E-state index in [2.05, 4.69) is 6.92 Å². The van der Waals surface area contributed by atoms with Gasteiger partial charge in [-0.1, -0.05) is 6.92 Å². The molecule has 3 N–H and O–H groups in total. The number of nitrogens with two attached hydrogens (primary N) is 1. The van der Waals surface area contributed by atoms with Gasteiger partial charge in [-0.15, -0.1) is 0 Å². The molecule has 0 radical (unpaired) electrons. The van der Waals surface area contributed by atoms with Crippen molar-refractivity contribution < 1.29 is 9.90 Å². The minimum Gasteiger partial charge on any atom is -0.391 e. The molecule has 2 rings (SSSR count). The number of aliphatic hydroxyl groups excluding tert-OH is 1. The number of carbonyl (C=O) groups is 1. The monoisotopic (exact) mass is 226 g/mol. The molecule has 0 aromatic rings. The fourth-order valence-electron chi connectivity index (χ4n) is 3.18. The summed E-state index contributed by atoms with van der Waals surface area (Å²) >= 11 is 0. The highest BCUT2D eigenvalue weighted by molar-refractivity contribution is 5.84. The maximum atomic E-state index is 12.4. The van der Waals surface area contributed by atoms with Gasteiger partial charge >= 0.3 is 0 Å². The van der Waals surface area contributed by atoms with Crippen LogP contribution in [0.3, 0.4) is 0 Å². The molecule has 1 heterocycles. The van der Waals surface area contributed by atoms with E-state index in [4.69, 9.17) is 5.73 Å². The fraction of sp³-hybridized carbons (Fsp3) is 0.917. The molecule has 1 saturated heterocycles. The summed E-state index contributed by atoms with van der Waals surface area (Å²) in [5.41, 5.74) is 5.45. The van der Waals surface area contributed by atoms with Crippen molar-refractivity contribution in [2.24, 2.45) is 17.1 Å². The Morgan fingerprint density at radius 3 is 2.75 bits per heavy atom. The van der Waals surface area contributed by atoms with Crippen LogP contribution in [-0.2, 0) is 4.79 Å². The summed E-state index contributed by atoms with van der Waals surface area (Å²) in [5.74, 6) is 0.786. The van der Waals surface area contributed by atoms with Gasteiger partial charge in [-0.05, 0) is 31.6 Å². The van der Waals surface area contributed by atoms with Gasteiger partial charge in [-0.3, -0.25) is 4.79 Å². The third kappa shape index (κ3) is 1.96. The molecule has 0 bridgehead atoms. The maximum absolute atomic E-state index is 12.4. The van der Waals surface area contributed by atoms with Gasteiger partial charge in [0.15, 0.2) is 0 Å². The van der Waals surface area contributed by atoms with Crippen LogP contribution in [0.15, 0.2) is 0 Å². The first kappa shape index (κ1) is 11.9. The van der Waals surface area contributed by atoms with E-state index < -0.39 is 0 Å². The minimum absolute atomic E-state index is 0.173. The van der Waals surface area contributed by atoms with E-state index in [0.717, 1.165) is 32.2 Å². The second-order valence-corrected chi connectivity index (χ2v) is 5.55. The van der Waals surface area contributed by atoms with E-state index in [1.54, 1.807) is 0 Å². The van der Waals surface area contributed by atoms with Crippen molar-refractivity contribution in [2.45, 2.75) is 38.7 Å². The maximum Gasteiger partial charge on any atom is 0.230 e. The van der Waals surface area contributed by atoms with Crippen LogP contribution in [-0.4, -0.2) is 41.7 Å². The summed E-state index contributed by atoms with van der Waals surface area (Å²) in [6, 6.07) is 0. The topological polar surface area (TPSA) is 66.6 Å². The smallest absolute Gasteiger partial charge is 0.230 e. The first-order valence-corrected chi connectivity index (χ1v) is 6.25. The van der Waals surface area contributed by atoms with Crippen molar-refractivity contribution in [1.29, 1.82) is 0 Å². The first-order valence-electron chi connectivity index (χ1n) is 6.25. The normalized spacial score (nSPS) is 39.3. The Labute approximate surface area is 96.8 Å². The lowest BCUT2D eigenvalue weighted by Crippen LogP contribution is -2.57. The number of aliphatic hydroxyl groups is 1. The number of nitrogens with zero attached hydrogens (tertiary/aromatic N) is 1. The van der Waals surface area contributed by atoms with Crippen molar-refractivity contribution in [3.8, 4) is 0 Å². The standard InChI is InChI=1S/C12H22N2O2/c1-9-5-12(6-9,8-13)11(16)14-4-2-3-10(15)7-14/h9-10,15H,2-8,13H2,1H3. The average molecular weight is 226 g/mol. The number of rotatable bonds is 2. The van der Waals surface area contributed by atoms with Gasteiger partial charge in [0, 0.05) is 19.6 Å². The largest absolute Gasteiger partial charge is 0.391 e. The minimum atomic E-state index is -0.343. The molecule has 4 heteroatoms. The van der Waals surface area contributed by atoms with Gasteiger partial charge in [0.2, 0.25) is 5.91 Å². The van der Waals surface area contributed by atoms with Crippen LogP contribution in [0.5, 0.6) is 0 Å².